The average Bonchev–Trinajstić information content (AvgIpc) is 2.53. The molecule has 0 bridgehead atoms. The summed E-state index contributed by atoms with van der Waals surface area (Å²) in [6.45, 7) is 6.39. The molecule has 0 aliphatic rings. The number of alkyl halides is 1. The van der Waals surface area contributed by atoms with Gasteiger partial charge in [0.05, 0.1) is 10.7 Å². The van der Waals surface area contributed by atoms with Crippen molar-refractivity contribution in [2.24, 2.45) is 0 Å². The first-order valence-electron chi connectivity index (χ1n) is 5.25. The van der Waals surface area contributed by atoms with Crippen LogP contribution in [0.4, 0.5) is 0 Å². The molecule has 1 unspecified atom stereocenters. The summed E-state index contributed by atoms with van der Waals surface area (Å²) >= 11 is 7.31. The average molecular weight is 261 g/mol. The molecule has 0 saturated carbocycles. The summed E-state index contributed by atoms with van der Waals surface area (Å²) in [6.07, 6.45) is 0.806. The van der Waals surface area contributed by atoms with Crippen molar-refractivity contribution < 1.29 is 4.79 Å². The van der Waals surface area contributed by atoms with E-state index in [1.165, 1.54) is 11.3 Å². The standard InChI is InChI=1S/C11H17ClN2OS/c1-7(12)5-6-14(4)11(15)10-8(2)13-9(3)16-10/h7H,5-6H2,1-4H3. The number of hydrogen-bond acceptors (Lipinski definition) is 3. The molecule has 0 aliphatic carbocycles. The highest BCUT2D eigenvalue weighted by Crippen LogP contribution is 2.19. The number of aromatic nitrogens is 1. The molecular weight excluding hydrogens is 244 g/mol. The maximum atomic E-state index is 12.0. The first-order valence-corrected chi connectivity index (χ1v) is 6.50. The lowest BCUT2D eigenvalue weighted by Gasteiger charge is -2.17. The van der Waals surface area contributed by atoms with Gasteiger partial charge in [-0.05, 0) is 27.2 Å². The number of amides is 1. The number of hydrogen-bond donors (Lipinski definition) is 0. The smallest absolute Gasteiger partial charge is 0.265 e. The third-order valence-corrected chi connectivity index (χ3v) is 3.59. The van der Waals surface area contributed by atoms with E-state index in [9.17, 15) is 4.79 Å². The normalized spacial score (nSPS) is 12.6. The van der Waals surface area contributed by atoms with Gasteiger partial charge in [-0.3, -0.25) is 4.79 Å². The van der Waals surface area contributed by atoms with Crippen molar-refractivity contribution in [3.8, 4) is 0 Å². The molecule has 0 aliphatic heterocycles. The van der Waals surface area contributed by atoms with E-state index >= 15 is 0 Å². The fourth-order valence-corrected chi connectivity index (χ4v) is 2.39. The number of aryl methyl sites for hydroxylation is 2. The number of carbonyl (C=O) groups is 1. The minimum atomic E-state index is 0.0421. The molecule has 90 valence electrons. The van der Waals surface area contributed by atoms with Gasteiger partial charge >= 0.3 is 0 Å². The van der Waals surface area contributed by atoms with Gasteiger partial charge in [0.15, 0.2) is 0 Å². The molecule has 0 radical (unpaired) electrons. The maximum absolute atomic E-state index is 12.0. The Bertz CT molecular complexity index is 376. The molecule has 1 heterocycles. The summed E-state index contributed by atoms with van der Waals surface area (Å²) in [5, 5.41) is 1.03. The van der Waals surface area contributed by atoms with Gasteiger partial charge in [0, 0.05) is 19.0 Å². The van der Waals surface area contributed by atoms with E-state index in [4.69, 9.17) is 11.6 Å². The van der Waals surface area contributed by atoms with Crippen LogP contribution < -0.4 is 0 Å². The predicted octanol–water partition coefficient (Wildman–Crippen LogP) is 2.85. The van der Waals surface area contributed by atoms with Gasteiger partial charge in [-0.25, -0.2) is 4.98 Å². The first-order chi connectivity index (χ1) is 7.41. The molecule has 0 spiro atoms. The fraction of sp³-hybridized carbons (Fsp3) is 0.636. The second-order valence-corrected chi connectivity index (χ2v) is 5.89. The van der Waals surface area contributed by atoms with Gasteiger partial charge in [0.1, 0.15) is 4.88 Å². The highest BCUT2D eigenvalue weighted by atomic mass is 35.5. The Morgan fingerprint density at radius 3 is 2.62 bits per heavy atom. The van der Waals surface area contributed by atoms with Gasteiger partial charge in [-0.15, -0.1) is 22.9 Å². The third kappa shape index (κ3) is 3.46. The molecular formula is C11H17ClN2OS. The summed E-state index contributed by atoms with van der Waals surface area (Å²) in [5.41, 5.74) is 0.818. The number of nitrogens with zero attached hydrogens (tertiary/aromatic N) is 2. The summed E-state index contributed by atoms with van der Waals surface area (Å²) in [5.74, 6) is 0.0421. The van der Waals surface area contributed by atoms with E-state index in [-0.39, 0.29) is 11.3 Å². The van der Waals surface area contributed by atoms with Crippen LogP contribution >= 0.6 is 22.9 Å². The molecule has 5 heteroatoms. The summed E-state index contributed by atoms with van der Waals surface area (Å²) in [4.78, 5) is 18.7. The van der Waals surface area contributed by atoms with Crippen LogP contribution in [0, 0.1) is 13.8 Å². The van der Waals surface area contributed by atoms with Crippen LogP contribution in [0.3, 0.4) is 0 Å². The van der Waals surface area contributed by atoms with Crippen LogP contribution in [0.25, 0.3) is 0 Å². The van der Waals surface area contributed by atoms with Crippen LogP contribution in [-0.4, -0.2) is 34.8 Å². The second-order valence-electron chi connectivity index (χ2n) is 3.94. The van der Waals surface area contributed by atoms with E-state index in [2.05, 4.69) is 4.98 Å². The second kappa shape index (κ2) is 5.64. The first kappa shape index (κ1) is 13.5. The Labute approximate surface area is 105 Å². The van der Waals surface area contributed by atoms with E-state index in [0.29, 0.717) is 6.54 Å². The van der Waals surface area contributed by atoms with Gasteiger partial charge in [0.25, 0.3) is 5.91 Å². The number of rotatable bonds is 4. The monoisotopic (exact) mass is 260 g/mol. The SMILES string of the molecule is Cc1nc(C)c(C(=O)N(C)CCC(C)Cl)s1. The van der Waals surface area contributed by atoms with Crippen molar-refractivity contribution in [1.29, 1.82) is 0 Å². The molecule has 0 N–H and O–H groups in total. The summed E-state index contributed by atoms with van der Waals surface area (Å²) in [7, 11) is 1.80. The van der Waals surface area contributed by atoms with Crippen LogP contribution in [0.1, 0.15) is 33.7 Å². The van der Waals surface area contributed by atoms with Crippen molar-refractivity contribution in [3.63, 3.8) is 0 Å². The molecule has 0 aromatic carbocycles. The third-order valence-electron chi connectivity index (χ3n) is 2.31. The van der Waals surface area contributed by atoms with Crippen LogP contribution in [0.15, 0.2) is 0 Å². The molecule has 16 heavy (non-hydrogen) atoms. The van der Waals surface area contributed by atoms with Gasteiger partial charge in [-0.2, -0.15) is 0 Å². The minimum absolute atomic E-state index is 0.0421. The van der Waals surface area contributed by atoms with Crippen LogP contribution in [0.5, 0.6) is 0 Å². The maximum Gasteiger partial charge on any atom is 0.265 e. The van der Waals surface area contributed by atoms with E-state index in [0.717, 1.165) is 22.0 Å². The van der Waals surface area contributed by atoms with Gasteiger partial charge in [0.2, 0.25) is 0 Å². The highest BCUT2D eigenvalue weighted by molar-refractivity contribution is 7.13. The zero-order valence-corrected chi connectivity index (χ0v) is 11.7. The molecule has 0 saturated heterocycles. The lowest BCUT2D eigenvalue weighted by atomic mass is 10.3. The minimum Gasteiger partial charge on any atom is -0.341 e. The number of thiazole rings is 1. The highest BCUT2D eigenvalue weighted by Gasteiger charge is 2.17. The predicted molar refractivity (Wildman–Crippen MR) is 68.5 cm³/mol. The Balaban J connectivity index is 2.67. The largest absolute Gasteiger partial charge is 0.341 e. The lowest BCUT2D eigenvalue weighted by Crippen LogP contribution is -2.28. The van der Waals surface area contributed by atoms with Crippen LogP contribution in [0.2, 0.25) is 0 Å². The molecule has 0 fully saturated rings. The van der Waals surface area contributed by atoms with E-state index in [1.807, 2.05) is 20.8 Å². The molecule has 1 aromatic rings. The quantitative estimate of drug-likeness (QED) is 0.780. The Hall–Kier alpha value is -0.610. The molecule has 3 nitrogen and oxygen atoms in total. The van der Waals surface area contributed by atoms with E-state index in [1.54, 1.807) is 11.9 Å². The molecule has 1 rings (SSSR count). The fourth-order valence-electron chi connectivity index (χ4n) is 1.38. The van der Waals surface area contributed by atoms with E-state index < -0.39 is 0 Å². The summed E-state index contributed by atoms with van der Waals surface area (Å²) in [6, 6.07) is 0. The topological polar surface area (TPSA) is 33.2 Å². The van der Waals surface area contributed by atoms with Crippen LogP contribution in [-0.2, 0) is 0 Å². The van der Waals surface area contributed by atoms with Crippen molar-refractivity contribution in [2.75, 3.05) is 13.6 Å². The molecule has 1 atom stereocenters. The van der Waals surface area contributed by atoms with Crippen molar-refractivity contribution in [3.05, 3.63) is 15.6 Å². The van der Waals surface area contributed by atoms with Crippen molar-refractivity contribution in [2.45, 2.75) is 32.6 Å². The molecule has 1 aromatic heterocycles. The molecule has 1 amide bonds. The van der Waals surface area contributed by atoms with Gasteiger partial charge < -0.3 is 4.90 Å². The van der Waals surface area contributed by atoms with Crippen molar-refractivity contribution in [1.82, 2.24) is 9.88 Å². The number of halogens is 1. The Morgan fingerprint density at radius 2 is 2.19 bits per heavy atom. The lowest BCUT2D eigenvalue weighted by molar-refractivity contribution is 0.0797. The van der Waals surface area contributed by atoms with Crippen molar-refractivity contribution >= 4 is 28.8 Å². The van der Waals surface area contributed by atoms with Gasteiger partial charge in [-0.1, -0.05) is 0 Å². The summed E-state index contributed by atoms with van der Waals surface area (Å²) < 4.78 is 0. The Morgan fingerprint density at radius 1 is 1.56 bits per heavy atom. The zero-order chi connectivity index (χ0) is 12.3. The zero-order valence-electron chi connectivity index (χ0n) is 10.1. The number of carbonyl (C=O) groups excluding carboxylic acids is 1. The Kier molecular flexibility index (Phi) is 4.74.